The molecule has 162 valence electrons. The second-order valence-corrected chi connectivity index (χ2v) is 8.42. The number of rotatable bonds is 5. The van der Waals surface area contributed by atoms with Gasteiger partial charge in [0, 0.05) is 30.5 Å². The highest BCUT2D eigenvalue weighted by molar-refractivity contribution is 6.46. The number of carbonyl (C=O) groups excluding carboxylic acids is 2. The van der Waals surface area contributed by atoms with E-state index >= 15 is 0 Å². The van der Waals surface area contributed by atoms with E-state index in [9.17, 15) is 9.59 Å². The highest BCUT2D eigenvalue weighted by Crippen LogP contribution is 2.36. The normalized spacial score (nSPS) is 13.7. The van der Waals surface area contributed by atoms with Crippen molar-refractivity contribution in [2.45, 2.75) is 13.8 Å². The summed E-state index contributed by atoms with van der Waals surface area (Å²) in [5.41, 5.74) is 5.45. The Morgan fingerprint density at radius 1 is 0.844 bits per heavy atom. The minimum Gasteiger partial charge on any atom is -0.378 e. The molecule has 0 atom stereocenters. The number of amides is 2. The number of benzene rings is 3. The fraction of sp³-hybridized carbons (Fsp3) is 0.154. The van der Waals surface area contributed by atoms with E-state index in [0.29, 0.717) is 21.8 Å². The molecular weight excluding hydrogens is 422 g/mol. The van der Waals surface area contributed by atoms with Gasteiger partial charge in [0.2, 0.25) is 0 Å². The van der Waals surface area contributed by atoms with Crippen LogP contribution in [-0.2, 0) is 9.59 Å². The number of nitrogens with zero attached hydrogens (tertiary/aromatic N) is 2. The van der Waals surface area contributed by atoms with Crippen LogP contribution in [0.2, 0.25) is 5.02 Å². The summed E-state index contributed by atoms with van der Waals surface area (Å²) in [6.45, 7) is 3.88. The largest absolute Gasteiger partial charge is 0.378 e. The van der Waals surface area contributed by atoms with Gasteiger partial charge in [-0.15, -0.1) is 0 Å². The predicted octanol–water partition coefficient (Wildman–Crippen LogP) is 5.42. The van der Waals surface area contributed by atoms with E-state index < -0.39 is 0 Å². The average molecular weight is 446 g/mol. The van der Waals surface area contributed by atoms with Gasteiger partial charge in [-0.25, -0.2) is 4.90 Å². The predicted molar refractivity (Wildman–Crippen MR) is 131 cm³/mol. The van der Waals surface area contributed by atoms with E-state index in [4.69, 9.17) is 11.6 Å². The van der Waals surface area contributed by atoms with Crippen LogP contribution in [0.15, 0.2) is 72.4 Å². The van der Waals surface area contributed by atoms with Crippen LogP contribution in [0.1, 0.15) is 16.7 Å². The molecule has 0 radical (unpaired) electrons. The minimum absolute atomic E-state index is 0.246. The van der Waals surface area contributed by atoms with E-state index in [1.807, 2.05) is 69.2 Å². The summed E-state index contributed by atoms with van der Waals surface area (Å²) in [5.74, 6) is -0.747. The Bertz CT molecular complexity index is 1230. The van der Waals surface area contributed by atoms with E-state index in [1.165, 1.54) is 4.90 Å². The average Bonchev–Trinajstić information content (AvgIpc) is 3.01. The Morgan fingerprint density at radius 2 is 1.50 bits per heavy atom. The van der Waals surface area contributed by atoms with Crippen molar-refractivity contribution in [3.63, 3.8) is 0 Å². The molecule has 0 bridgehead atoms. The Balaban J connectivity index is 1.81. The van der Waals surface area contributed by atoms with Crippen molar-refractivity contribution < 1.29 is 9.59 Å². The summed E-state index contributed by atoms with van der Waals surface area (Å²) in [7, 11) is 3.93. The SMILES string of the molecule is Cc1cccc(N2C(=O)C(Nc3ccc(N(C)C)cc3)=C(c3ccc(Cl)cc3)C2=O)c1C. The van der Waals surface area contributed by atoms with Gasteiger partial charge >= 0.3 is 0 Å². The Labute approximate surface area is 192 Å². The van der Waals surface area contributed by atoms with Crippen molar-refractivity contribution in [3.8, 4) is 0 Å². The molecule has 3 aromatic carbocycles. The van der Waals surface area contributed by atoms with Crippen molar-refractivity contribution >= 4 is 46.1 Å². The van der Waals surface area contributed by atoms with Gasteiger partial charge in [0.05, 0.1) is 11.3 Å². The first-order valence-corrected chi connectivity index (χ1v) is 10.7. The maximum absolute atomic E-state index is 13.6. The smallest absolute Gasteiger partial charge is 0.282 e. The number of nitrogens with one attached hydrogen (secondary N) is 1. The van der Waals surface area contributed by atoms with Crippen LogP contribution >= 0.6 is 11.6 Å². The number of carbonyl (C=O) groups is 2. The number of halogens is 1. The van der Waals surface area contributed by atoms with Crippen LogP contribution in [0.25, 0.3) is 5.57 Å². The molecule has 5 nitrogen and oxygen atoms in total. The second-order valence-electron chi connectivity index (χ2n) is 7.99. The lowest BCUT2D eigenvalue weighted by molar-refractivity contribution is -0.120. The summed E-state index contributed by atoms with van der Waals surface area (Å²) in [6.07, 6.45) is 0. The van der Waals surface area contributed by atoms with Crippen LogP contribution in [0, 0.1) is 13.8 Å². The topological polar surface area (TPSA) is 52.7 Å². The van der Waals surface area contributed by atoms with E-state index in [-0.39, 0.29) is 17.5 Å². The fourth-order valence-corrected chi connectivity index (χ4v) is 3.84. The quantitative estimate of drug-likeness (QED) is 0.533. The Morgan fingerprint density at radius 3 is 2.12 bits per heavy atom. The van der Waals surface area contributed by atoms with Crippen molar-refractivity contribution in [1.82, 2.24) is 0 Å². The molecule has 1 aliphatic heterocycles. The van der Waals surface area contributed by atoms with Crippen molar-refractivity contribution in [2.24, 2.45) is 0 Å². The number of anilines is 3. The maximum Gasteiger partial charge on any atom is 0.282 e. The molecule has 3 aromatic rings. The first-order chi connectivity index (χ1) is 15.3. The highest BCUT2D eigenvalue weighted by atomic mass is 35.5. The molecule has 0 fully saturated rings. The van der Waals surface area contributed by atoms with Crippen molar-refractivity contribution in [3.05, 3.63) is 94.1 Å². The Kier molecular flexibility index (Phi) is 5.76. The summed E-state index contributed by atoms with van der Waals surface area (Å²) in [5, 5.41) is 3.76. The van der Waals surface area contributed by atoms with E-state index in [2.05, 4.69) is 5.32 Å². The van der Waals surface area contributed by atoms with Gasteiger partial charge < -0.3 is 10.2 Å². The number of hydrogen-bond donors (Lipinski definition) is 1. The molecule has 0 aliphatic carbocycles. The van der Waals surface area contributed by atoms with Crippen LogP contribution < -0.4 is 15.1 Å². The molecule has 0 saturated carbocycles. The van der Waals surface area contributed by atoms with Crippen LogP contribution in [0.4, 0.5) is 17.1 Å². The molecule has 2 amide bonds. The van der Waals surface area contributed by atoms with Crippen molar-refractivity contribution in [2.75, 3.05) is 29.2 Å². The summed E-state index contributed by atoms with van der Waals surface area (Å²) in [6, 6.07) is 20.2. The van der Waals surface area contributed by atoms with E-state index in [1.54, 1.807) is 30.3 Å². The first kappa shape index (κ1) is 21.7. The third-order valence-electron chi connectivity index (χ3n) is 5.69. The summed E-state index contributed by atoms with van der Waals surface area (Å²) in [4.78, 5) is 30.4. The maximum atomic E-state index is 13.6. The molecule has 0 spiro atoms. The third kappa shape index (κ3) is 3.87. The molecule has 0 unspecified atom stereocenters. The monoisotopic (exact) mass is 445 g/mol. The molecular formula is C26H24ClN3O2. The zero-order valence-electron chi connectivity index (χ0n) is 18.4. The second kappa shape index (κ2) is 8.52. The molecule has 4 rings (SSSR count). The molecule has 1 aliphatic rings. The van der Waals surface area contributed by atoms with Crippen molar-refractivity contribution in [1.29, 1.82) is 0 Å². The lowest BCUT2D eigenvalue weighted by Gasteiger charge is -2.19. The molecule has 1 N–H and O–H groups in total. The number of imide groups is 1. The number of aryl methyl sites for hydroxylation is 1. The van der Waals surface area contributed by atoms with Crippen LogP contribution in [0.3, 0.4) is 0 Å². The van der Waals surface area contributed by atoms with Gasteiger partial charge in [-0.2, -0.15) is 0 Å². The van der Waals surface area contributed by atoms with Gasteiger partial charge in [0.15, 0.2) is 0 Å². The van der Waals surface area contributed by atoms with Crippen LogP contribution in [0.5, 0.6) is 0 Å². The highest BCUT2D eigenvalue weighted by Gasteiger charge is 2.40. The van der Waals surface area contributed by atoms with Gasteiger partial charge in [-0.1, -0.05) is 35.9 Å². The summed E-state index contributed by atoms with van der Waals surface area (Å²) < 4.78 is 0. The number of hydrogen-bond acceptors (Lipinski definition) is 4. The molecule has 1 heterocycles. The van der Waals surface area contributed by atoms with Crippen LogP contribution in [-0.4, -0.2) is 25.9 Å². The standard InChI is InChI=1S/C26H24ClN3O2/c1-16-6-5-7-22(17(16)2)30-25(31)23(18-8-10-19(27)11-9-18)24(26(30)32)28-20-12-14-21(15-13-20)29(3)4/h5-15,28H,1-4H3. The molecule has 0 aromatic heterocycles. The first-order valence-electron chi connectivity index (χ1n) is 10.3. The molecule has 32 heavy (non-hydrogen) atoms. The van der Waals surface area contributed by atoms with Gasteiger partial charge in [-0.05, 0) is 73.0 Å². The minimum atomic E-state index is -0.384. The van der Waals surface area contributed by atoms with Gasteiger partial charge in [0.1, 0.15) is 5.70 Å². The van der Waals surface area contributed by atoms with E-state index in [0.717, 1.165) is 22.5 Å². The zero-order chi connectivity index (χ0) is 23.0. The van der Waals surface area contributed by atoms with Gasteiger partial charge in [0.25, 0.3) is 11.8 Å². The van der Waals surface area contributed by atoms with Gasteiger partial charge in [-0.3, -0.25) is 9.59 Å². The lowest BCUT2D eigenvalue weighted by atomic mass is 10.0. The summed E-state index contributed by atoms with van der Waals surface area (Å²) >= 11 is 6.05. The Hall–Kier alpha value is -3.57. The third-order valence-corrected chi connectivity index (χ3v) is 5.94. The zero-order valence-corrected chi connectivity index (χ0v) is 19.2. The lowest BCUT2D eigenvalue weighted by Crippen LogP contribution is -2.33. The fourth-order valence-electron chi connectivity index (χ4n) is 3.71. The molecule has 0 saturated heterocycles. The molecule has 6 heteroatoms.